The minimum Gasteiger partial charge on any atom is -0.493 e. The maximum absolute atomic E-state index is 12.4. The number of benzene rings is 2. The summed E-state index contributed by atoms with van der Waals surface area (Å²) in [4.78, 5) is 24.4. The van der Waals surface area contributed by atoms with Crippen LogP contribution in [-0.4, -0.2) is 37.8 Å². The average molecular weight is 442 g/mol. The number of methoxy groups -OCH3 is 2. The molecular formula is C22H23N3O5S. The molecule has 0 saturated heterocycles. The van der Waals surface area contributed by atoms with Gasteiger partial charge in [0, 0.05) is 6.08 Å². The molecule has 3 N–H and O–H groups in total. The van der Waals surface area contributed by atoms with Gasteiger partial charge < -0.3 is 14.2 Å². The molecule has 0 aliphatic heterocycles. The van der Waals surface area contributed by atoms with Crippen LogP contribution in [0, 0.1) is 0 Å². The molecule has 0 heterocycles. The van der Waals surface area contributed by atoms with Crippen LogP contribution >= 0.6 is 12.2 Å². The molecule has 0 saturated carbocycles. The van der Waals surface area contributed by atoms with Crippen molar-refractivity contribution in [1.29, 1.82) is 0 Å². The van der Waals surface area contributed by atoms with Crippen molar-refractivity contribution in [3.8, 4) is 17.2 Å². The topological polar surface area (TPSA) is 97.9 Å². The van der Waals surface area contributed by atoms with Crippen LogP contribution in [0.4, 0.5) is 0 Å². The van der Waals surface area contributed by atoms with E-state index in [0.717, 1.165) is 5.56 Å². The SMILES string of the molecule is C=CCOc1ccccc1C(=O)NNC(=S)NC(=O)/C=C/c1ccc(OC)c(OC)c1. The second-order valence-electron chi connectivity index (χ2n) is 5.94. The lowest BCUT2D eigenvalue weighted by Crippen LogP contribution is -2.48. The lowest BCUT2D eigenvalue weighted by Gasteiger charge is -2.12. The van der Waals surface area contributed by atoms with Crippen LogP contribution in [0.15, 0.2) is 61.2 Å². The Morgan fingerprint density at radius 3 is 2.48 bits per heavy atom. The van der Waals surface area contributed by atoms with Crippen LogP contribution in [-0.2, 0) is 4.79 Å². The molecule has 0 aliphatic carbocycles. The van der Waals surface area contributed by atoms with E-state index in [0.29, 0.717) is 22.8 Å². The highest BCUT2D eigenvalue weighted by atomic mass is 32.1. The van der Waals surface area contributed by atoms with Gasteiger partial charge in [0.1, 0.15) is 12.4 Å². The van der Waals surface area contributed by atoms with E-state index < -0.39 is 11.8 Å². The Morgan fingerprint density at radius 1 is 1.03 bits per heavy atom. The molecule has 2 aromatic rings. The van der Waals surface area contributed by atoms with Crippen molar-refractivity contribution in [3.63, 3.8) is 0 Å². The molecule has 2 rings (SSSR count). The summed E-state index contributed by atoms with van der Waals surface area (Å²) in [6.07, 6.45) is 4.47. The zero-order valence-corrected chi connectivity index (χ0v) is 18.0. The lowest BCUT2D eigenvalue weighted by atomic mass is 10.2. The van der Waals surface area contributed by atoms with Crippen LogP contribution < -0.4 is 30.4 Å². The van der Waals surface area contributed by atoms with E-state index in [9.17, 15) is 9.59 Å². The van der Waals surface area contributed by atoms with Crippen LogP contribution in [0.1, 0.15) is 15.9 Å². The zero-order valence-electron chi connectivity index (χ0n) is 17.1. The molecule has 0 aromatic heterocycles. The largest absolute Gasteiger partial charge is 0.493 e. The van der Waals surface area contributed by atoms with E-state index in [2.05, 4.69) is 22.7 Å². The maximum atomic E-state index is 12.4. The summed E-state index contributed by atoms with van der Waals surface area (Å²) >= 11 is 5.03. The molecule has 0 bridgehead atoms. The van der Waals surface area contributed by atoms with Gasteiger partial charge in [-0.05, 0) is 48.1 Å². The van der Waals surface area contributed by atoms with E-state index in [1.54, 1.807) is 61.7 Å². The predicted octanol–water partition coefficient (Wildman–Crippen LogP) is 2.62. The molecule has 2 amide bonds. The minimum atomic E-state index is -0.476. The summed E-state index contributed by atoms with van der Waals surface area (Å²) in [5, 5.41) is 2.37. The molecule has 8 nitrogen and oxygen atoms in total. The molecule has 162 valence electrons. The standard InChI is InChI=1S/C22H23N3O5S/c1-4-13-30-17-8-6-5-7-16(17)21(27)24-25-22(31)23-20(26)12-10-15-9-11-18(28-2)19(14-15)29-3/h4-12,14H,1,13H2,2-3H3,(H,24,27)(H2,23,25,26,31)/b12-10+. The highest BCUT2D eigenvalue weighted by Gasteiger charge is 2.12. The van der Waals surface area contributed by atoms with Gasteiger partial charge in [-0.1, -0.05) is 30.9 Å². The third-order valence-corrected chi connectivity index (χ3v) is 4.05. The molecule has 2 aromatic carbocycles. The number of thiocarbonyl (C=S) groups is 1. The number of rotatable bonds is 8. The number of ether oxygens (including phenoxy) is 3. The normalized spacial score (nSPS) is 10.1. The minimum absolute atomic E-state index is 0.0696. The Hall–Kier alpha value is -3.85. The van der Waals surface area contributed by atoms with Crippen LogP contribution in [0.5, 0.6) is 17.2 Å². The van der Waals surface area contributed by atoms with E-state index in [-0.39, 0.29) is 11.7 Å². The highest BCUT2D eigenvalue weighted by molar-refractivity contribution is 7.80. The third-order valence-electron chi connectivity index (χ3n) is 3.85. The first-order chi connectivity index (χ1) is 15.0. The van der Waals surface area contributed by atoms with Crippen molar-refractivity contribution >= 4 is 35.2 Å². The fraction of sp³-hybridized carbons (Fsp3) is 0.136. The number of carbonyl (C=O) groups is 2. The summed E-state index contributed by atoms with van der Waals surface area (Å²) in [5.41, 5.74) is 5.94. The molecule has 9 heteroatoms. The van der Waals surface area contributed by atoms with Gasteiger partial charge in [-0.2, -0.15) is 0 Å². The van der Waals surface area contributed by atoms with E-state index in [1.165, 1.54) is 13.2 Å². The molecule has 0 fully saturated rings. The first-order valence-corrected chi connectivity index (χ1v) is 9.53. The average Bonchev–Trinajstić information content (AvgIpc) is 2.79. The summed E-state index contributed by atoms with van der Waals surface area (Å²) in [6, 6.07) is 11.9. The molecule has 0 radical (unpaired) electrons. The number of carbonyl (C=O) groups excluding carboxylic acids is 2. The molecule has 31 heavy (non-hydrogen) atoms. The number of hydrogen-bond acceptors (Lipinski definition) is 6. The van der Waals surface area contributed by atoms with Crippen molar-refractivity contribution in [2.75, 3.05) is 20.8 Å². The van der Waals surface area contributed by atoms with E-state index in [4.69, 9.17) is 26.4 Å². The van der Waals surface area contributed by atoms with Crippen LogP contribution in [0.2, 0.25) is 0 Å². The van der Waals surface area contributed by atoms with E-state index >= 15 is 0 Å². The number of amides is 2. The summed E-state index contributed by atoms with van der Waals surface area (Å²) < 4.78 is 15.8. The molecule has 0 unspecified atom stereocenters. The van der Waals surface area contributed by atoms with Crippen molar-refractivity contribution in [3.05, 3.63) is 72.3 Å². The van der Waals surface area contributed by atoms with Gasteiger partial charge in [0.15, 0.2) is 16.6 Å². The summed E-state index contributed by atoms with van der Waals surface area (Å²) in [7, 11) is 3.07. The first-order valence-electron chi connectivity index (χ1n) is 9.12. The van der Waals surface area contributed by atoms with Gasteiger partial charge in [-0.25, -0.2) is 0 Å². The van der Waals surface area contributed by atoms with Crippen molar-refractivity contribution in [1.82, 2.24) is 16.2 Å². The Labute approximate surface area is 185 Å². The number of para-hydroxylation sites is 1. The monoisotopic (exact) mass is 441 g/mol. The molecule has 0 spiro atoms. The van der Waals surface area contributed by atoms with Crippen molar-refractivity contribution < 1.29 is 23.8 Å². The smallest absolute Gasteiger partial charge is 0.273 e. The van der Waals surface area contributed by atoms with Gasteiger partial charge >= 0.3 is 0 Å². The fourth-order valence-electron chi connectivity index (χ4n) is 2.42. The van der Waals surface area contributed by atoms with Gasteiger partial charge in [-0.3, -0.25) is 25.8 Å². The maximum Gasteiger partial charge on any atom is 0.273 e. The predicted molar refractivity (Wildman–Crippen MR) is 122 cm³/mol. The second kappa shape index (κ2) is 12.0. The van der Waals surface area contributed by atoms with E-state index in [1.807, 2.05) is 0 Å². The quantitative estimate of drug-likeness (QED) is 0.251. The lowest BCUT2D eigenvalue weighted by molar-refractivity contribution is -0.115. The Balaban J connectivity index is 1.89. The molecule has 0 aliphatic rings. The summed E-state index contributed by atoms with van der Waals surface area (Å²) in [6.45, 7) is 3.84. The molecular weight excluding hydrogens is 418 g/mol. The van der Waals surface area contributed by atoms with Crippen molar-refractivity contribution in [2.24, 2.45) is 0 Å². The van der Waals surface area contributed by atoms with Crippen LogP contribution in [0.3, 0.4) is 0 Å². The van der Waals surface area contributed by atoms with Gasteiger partial charge in [0.25, 0.3) is 5.91 Å². The first kappa shape index (κ1) is 23.4. The van der Waals surface area contributed by atoms with Crippen LogP contribution in [0.25, 0.3) is 6.08 Å². The number of hydrogen-bond donors (Lipinski definition) is 3. The Bertz CT molecular complexity index is 991. The molecule has 0 atom stereocenters. The van der Waals surface area contributed by atoms with Gasteiger partial charge in [0.2, 0.25) is 5.91 Å². The third kappa shape index (κ3) is 7.16. The van der Waals surface area contributed by atoms with Gasteiger partial charge in [-0.15, -0.1) is 0 Å². The highest BCUT2D eigenvalue weighted by Crippen LogP contribution is 2.27. The number of nitrogens with one attached hydrogen (secondary N) is 3. The summed E-state index contributed by atoms with van der Waals surface area (Å²) in [5.74, 6) is 0.576. The Kier molecular flexibility index (Phi) is 9.06. The fourth-order valence-corrected chi connectivity index (χ4v) is 2.57. The van der Waals surface area contributed by atoms with Crippen molar-refractivity contribution in [2.45, 2.75) is 0 Å². The Morgan fingerprint density at radius 2 is 1.77 bits per heavy atom. The van der Waals surface area contributed by atoms with Gasteiger partial charge in [0.05, 0.1) is 19.8 Å². The second-order valence-corrected chi connectivity index (χ2v) is 6.35. The zero-order chi connectivity index (χ0) is 22.6. The number of hydrazine groups is 1.